The van der Waals surface area contributed by atoms with Crippen molar-refractivity contribution in [2.75, 3.05) is 50.0 Å². The number of carboxylic acids is 1. The Balaban J connectivity index is 1.20. The largest absolute Gasteiger partial charge is 0.482 e. The molecule has 1 aliphatic rings. The number of nitrogen functional groups attached to an aromatic ring is 1. The normalized spacial score (nSPS) is 14.1. The first-order valence-corrected chi connectivity index (χ1v) is 13.5. The molecule has 5 aromatic rings. The Bertz CT molecular complexity index is 1780. The zero-order chi connectivity index (χ0) is 29.4. The molecule has 1 aromatic carbocycles. The minimum absolute atomic E-state index is 0.0895. The van der Waals surface area contributed by atoms with E-state index in [1.54, 1.807) is 35.0 Å². The van der Waals surface area contributed by atoms with Gasteiger partial charge in [0, 0.05) is 51.2 Å². The second-order valence-electron chi connectivity index (χ2n) is 9.74. The lowest BCUT2D eigenvalue weighted by molar-refractivity contribution is -0.139. The number of aromatic nitrogens is 6. The Morgan fingerprint density at radius 1 is 1.00 bits per heavy atom. The van der Waals surface area contributed by atoms with Gasteiger partial charge in [0.2, 0.25) is 11.8 Å². The molecule has 4 aromatic heterocycles. The summed E-state index contributed by atoms with van der Waals surface area (Å²) in [5, 5.41) is 13.8. The van der Waals surface area contributed by atoms with Crippen LogP contribution in [0, 0.1) is 0 Å². The van der Waals surface area contributed by atoms with Crippen LogP contribution in [0.2, 0.25) is 5.02 Å². The van der Waals surface area contributed by atoms with E-state index in [0.29, 0.717) is 47.0 Å². The van der Waals surface area contributed by atoms with Gasteiger partial charge in [0.25, 0.3) is 5.91 Å². The molecule has 6 rings (SSSR count). The molecule has 1 aliphatic heterocycles. The van der Waals surface area contributed by atoms with E-state index in [0.717, 1.165) is 31.9 Å². The van der Waals surface area contributed by atoms with Crippen LogP contribution in [0.1, 0.15) is 10.5 Å². The number of aliphatic carboxylic acids is 1. The molecule has 1 saturated heterocycles. The van der Waals surface area contributed by atoms with Crippen molar-refractivity contribution in [3.8, 4) is 17.3 Å². The molecule has 1 amide bonds. The zero-order valence-corrected chi connectivity index (χ0v) is 23.1. The number of hydrogen-bond donors (Lipinski definition) is 3. The highest BCUT2D eigenvalue weighted by molar-refractivity contribution is 6.40. The fourth-order valence-electron chi connectivity index (χ4n) is 5.11. The summed E-state index contributed by atoms with van der Waals surface area (Å²) < 4.78 is 8.30. The molecule has 0 radical (unpaired) electrons. The van der Waals surface area contributed by atoms with Gasteiger partial charge in [-0.25, -0.2) is 9.78 Å². The van der Waals surface area contributed by atoms with E-state index >= 15 is 0 Å². The van der Waals surface area contributed by atoms with Crippen molar-refractivity contribution in [3.63, 3.8) is 0 Å². The molecular weight excluding hydrogens is 564 g/mol. The number of benzene rings is 1. The number of ether oxygens (including phenoxy) is 1. The predicted octanol–water partition coefficient (Wildman–Crippen LogP) is 1.76. The maximum Gasteiger partial charge on any atom is 0.341 e. The number of amides is 1. The molecule has 0 bridgehead atoms. The van der Waals surface area contributed by atoms with Crippen molar-refractivity contribution in [2.45, 2.75) is 6.54 Å². The molecule has 216 valence electrons. The molecule has 5 heterocycles. The van der Waals surface area contributed by atoms with Crippen molar-refractivity contribution in [2.24, 2.45) is 5.73 Å². The van der Waals surface area contributed by atoms with Crippen LogP contribution in [0.25, 0.3) is 28.2 Å². The lowest BCUT2D eigenvalue weighted by Gasteiger charge is -2.36. The summed E-state index contributed by atoms with van der Waals surface area (Å²) >= 11 is 6.74. The summed E-state index contributed by atoms with van der Waals surface area (Å²) in [4.78, 5) is 41.3. The van der Waals surface area contributed by atoms with Gasteiger partial charge >= 0.3 is 5.97 Å². The highest BCUT2D eigenvalue weighted by Gasteiger charge is 2.27. The number of carbonyl (C=O) groups excluding carboxylic acids is 1. The topological polar surface area (TPSA) is 183 Å². The van der Waals surface area contributed by atoms with E-state index < -0.39 is 11.9 Å². The van der Waals surface area contributed by atoms with E-state index in [2.05, 4.69) is 29.9 Å². The maximum absolute atomic E-state index is 12.6. The number of nitrogens with two attached hydrogens (primary N) is 2. The molecule has 0 saturated carbocycles. The van der Waals surface area contributed by atoms with E-state index in [1.165, 1.54) is 4.52 Å². The first kappa shape index (κ1) is 27.2. The van der Waals surface area contributed by atoms with Crippen molar-refractivity contribution in [1.29, 1.82) is 0 Å². The zero-order valence-electron chi connectivity index (χ0n) is 22.4. The number of fused-ring (bicyclic) bond motifs is 3. The number of carbonyl (C=O) groups is 2. The third kappa shape index (κ3) is 5.12. The minimum Gasteiger partial charge on any atom is -0.482 e. The first-order chi connectivity index (χ1) is 20.3. The van der Waals surface area contributed by atoms with Crippen LogP contribution in [0.5, 0.6) is 5.75 Å². The second-order valence-corrected chi connectivity index (χ2v) is 10.1. The van der Waals surface area contributed by atoms with E-state index in [4.69, 9.17) is 32.9 Å². The van der Waals surface area contributed by atoms with E-state index in [-0.39, 0.29) is 23.3 Å². The highest BCUT2D eigenvalue weighted by Crippen LogP contribution is 2.34. The third-order valence-electron chi connectivity index (χ3n) is 7.15. The maximum atomic E-state index is 12.6. The van der Waals surface area contributed by atoms with Crippen molar-refractivity contribution in [3.05, 3.63) is 59.4 Å². The first-order valence-electron chi connectivity index (χ1n) is 13.2. The summed E-state index contributed by atoms with van der Waals surface area (Å²) in [6, 6.07) is 12.8. The number of halogens is 1. The van der Waals surface area contributed by atoms with Gasteiger partial charge in [0.15, 0.2) is 12.3 Å². The van der Waals surface area contributed by atoms with Crippen LogP contribution in [0.3, 0.4) is 0 Å². The SMILES string of the molecule is NC(=O)c1c(Cl)c2c(nc(N)n3nc(-c4ccccn4)nc23)n1CCN1CCN(c2ccc(OCC(=O)O)cc2)CC1. The quantitative estimate of drug-likeness (QED) is 0.227. The van der Waals surface area contributed by atoms with Crippen LogP contribution in [-0.2, 0) is 11.3 Å². The lowest BCUT2D eigenvalue weighted by atomic mass is 10.2. The number of primary amides is 1. The van der Waals surface area contributed by atoms with Crippen molar-refractivity contribution >= 4 is 51.8 Å². The van der Waals surface area contributed by atoms with Gasteiger partial charge in [-0.15, -0.1) is 5.10 Å². The number of rotatable bonds is 9. The molecule has 0 aliphatic carbocycles. The molecule has 0 unspecified atom stereocenters. The summed E-state index contributed by atoms with van der Waals surface area (Å²) in [6.45, 7) is 3.78. The fraction of sp³-hybridized carbons (Fsp3) is 0.259. The van der Waals surface area contributed by atoms with Crippen molar-refractivity contribution < 1.29 is 19.4 Å². The molecule has 0 spiro atoms. The van der Waals surface area contributed by atoms with Gasteiger partial charge in [0.1, 0.15) is 22.8 Å². The molecule has 15 heteroatoms. The van der Waals surface area contributed by atoms with Gasteiger partial charge in [-0.1, -0.05) is 17.7 Å². The predicted molar refractivity (Wildman–Crippen MR) is 156 cm³/mol. The van der Waals surface area contributed by atoms with Gasteiger partial charge in [-0.2, -0.15) is 9.50 Å². The molecule has 5 N–H and O–H groups in total. The van der Waals surface area contributed by atoms with E-state index in [1.807, 2.05) is 18.2 Å². The van der Waals surface area contributed by atoms with Crippen molar-refractivity contribution in [1.82, 2.24) is 34.0 Å². The Morgan fingerprint density at radius 2 is 1.76 bits per heavy atom. The number of pyridine rings is 1. The average Bonchev–Trinajstić information content (AvgIpc) is 3.56. The monoisotopic (exact) mass is 590 g/mol. The summed E-state index contributed by atoms with van der Waals surface area (Å²) in [5.74, 6) is -0.755. The number of carboxylic acid groups (broad SMARTS) is 1. The standard InChI is InChI=1S/C27H27ClN10O4/c28-21-20-25(33-27(30)38-26(20)32-24(34-38)18-3-1-2-8-31-18)37(22(21)23(29)41)14-11-35-9-12-36(13-10-35)16-4-6-17(7-5-16)42-15-19(39)40/h1-8H,9-15H2,(H2,29,41)(H2,30,33)(H,39,40). The smallest absolute Gasteiger partial charge is 0.341 e. The number of nitrogens with zero attached hydrogens (tertiary/aromatic N) is 8. The van der Waals surface area contributed by atoms with Gasteiger partial charge < -0.3 is 30.8 Å². The number of piperazine rings is 1. The van der Waals surface area contributed by atoms with Crippen LogP contribution in [-0.4, -0.2) is 90.3 Å². The Kier molecular flexibility index (Phi) is 7.22. The number of anilines is 2. The fourth-order valence-corrected chi connectivity index (χ4v) is 5.48. The average molecular weight is 591 g/mol. The van der Waals surface area contributed by atoms with Crippen LogP contribution in [0.4, 0.5) is 11.6 Å². The van der Waals surface area contributed by atoms with Crippen LogP contribution >= 0.6 is 11.6 Å². The van der Waals surface area contributed by atoms with Crippen LogP contribution in [0.15, 0.2) is 48.7 Å². The summed E-state index contributed by atoms with van der Waals surface area (Å²) in [6.07, 6.45) is 1.64. The van der Waals surface area contributed by atoms with E-state index in [9.17, 15) is 9.59 Å². The molecule has 42 heavy (non-hydrogen) atoms. The molecule has 0 atom stereocenters. The van der Waals surface area contributed by atoms with Gasteiger partial charge in [-0.3, -0.25) is 14.7 Å². The molecular formula is C27H27ClN10O4. The Morgan fingerprint density at radius 3 is 2.43 bits per heavy atom. The Hall–Kier alpha value is -4.95. The van der Waals surface area contributed by atoms with Gasteiger partial charge in [-0.05, 0) is 36.4 Å². The van der Waals surface area contributed by atoms with Crippen LogP contribution < -0.4 is 21.1 Å². The highest BCUT2D eigenvalue weighted by atomic mass is 35.5. The summed E-state index contributed by atoms with van der Waals surface area (Å²) in [5.41, 5.74) is 14.5. The Labute approximate surface area is 244 Å². The lowest BCUT2D eigenvalue weighted by Crippen LogP contribution is -2.47. The number of hydrogen-bond acceptors (Lipinski definition) is 10. The molecule has 1 fully saturated rings. The third-order valence-corrected chi connectivity index (χ3v) is 7.52. The molecule has 14 nitrogen and oxygen atoms in total. The summed E-state index contributed by atoms with van der Waals surface area (Å²) in [7, 11) is 0. The second kappa shape index (κ2) is 11.1. The van der Waals surface area contributed by atoms with Gasteiger partial charge in [0.05, 0.1) is 10.4 Å². The minimum atomic E-state index is -1.02.